The lowest BCUT2D eigenvalue weighted by molar-refractivity contribution is -0.108. The first-order valence-corrected chi connectivity index (χ1v) is 6.18. The molecule has 2 saturated carbocycles. The van der Waals surface area contributed by atoms with Gasteiger partial charge in [-0.2, -0.15) is 0 Å². The quantitative estimate of drug-likeness (QED) is 0.771. The second-order valence-electron chi connectivity index (χ2n) is 4.72. The van der Waals surface area contributed by atoms with Gasteiger partial charge in [0.05, 0.1) is 4.88 Å². The van der Waals surface area contributed by atoms with Crippen LogP contribution in [0.5, 0.6) is 0 Å². The molecule has 0 saturated heterocycles. The van der Waals surface area contributed by atoms with Gasteiger partial charge in [0.25, 0.3) is 0 Å². The van der Waals surface area contributed by atoms with Crippen molar-refractivity contribution in [2.75, 3.05) is 0 Å². The van der Waals surface area contributed by atoms with E-state index in [1.807, 2.05) is 12.3 Å². The second-order valence-corrected chi connectivity index (χ2v) is 5.56. The van der Waals surface area contributed by atoms with Crippen LogP contribution in [-0.4, -0.2) is 9.48 Å². The molecule has 0 bridgehead atoms. The first-order chi connectivity index (χ1) is 6.77. The lowest BCUT2D eigenvalue weighted by Crippen LogP contribution is -2.45. The summed E-state index contributed by atoms with van der Waals surface area (Å²) in [5.41, 5.74) is -0.314. The Bertz CT molecular complexity index is 331. The monoisotopic (exact) mass is 209 g/mol. The van der Waals surface area contributed by atoms with Crippen molar-refractivity contribution in [3.05, 3.63) is 17.1 Å². The van der Waals surface area contributed by atoms with Gasteiger partial charge in [0.15, 0.2) is 0 Å². The lowest BCUT2D eigenvalue weighted by atomic mass is 9.60. The molecule has 2 fully saturated rings. The van der Waals surface area contributed by atoms with Crippen molar-refractivity contribution in [3.8, 4) is 0 Å². The van der Waals surface area contributed by atoms with Crippen molar-refractivity contribution < 1.29 is 5.11 Å². The maximum Gasteiger partial charge on any atom is 0.106 e. The molecule has 0 aliphatic heterocycles. The third-order valence-corrected chi connectivity index (χ3v) is 5.12. The lowest BCUT2D eigenvalue weighted by Gasteiger charge is -2.48. The molecule has 1 atom stereocenters. The van der Waals surface area contributed by atoms with Gasteiger partial charge < -0.3 is 5.11 Å². The summed E-state index contributed by atoms with van der Waals surface area (Å²) in [5, 5.41) is 10.8. The third kappa shape index (κ3) is 0.920. The minimum absolute atomic E-state index is 0.222. The number of hydrogen-bond acceptors (Lipinski definition) is 3. The normalized spacial score (nSPS) is 34.6. The van der Waals surface area contributed by atoms with Gasteiger partial charge in [-0.3, -0.25) is 0 Å². The van der Waals surface area contributed by atoms with Gasteiger partial charge in [-0.15, -0.1) is 0 Å². The first-order valence-electron chi connectivity index (χ1n) is 5.40. The number of aromatic nitrogens is 1. The van der Waals surface area contributed by atoms with Crippen LogP contribution in [0.1, 0.15) is 43.4 Å². The molecule has 1 heterocycles. The largest absolute Gasteiger partial charge is 0.384 e. The van der Waals surface area contributed by atoms with E-state index in [-0.39, 0.29) is 5.41 Å². The highest BCUT2D eigenvalue weighted by atomic mass is 32.1. The Labute approximate surface area is 88.1 Å². The molecule has 1 aromatic rings. The van der Waals surface area contributed by atoms with E-state index in [4.69, 9.17) is 0 Å². The molecule has 1 spiro atoms. The van der Waals surface area contributed by atoms with E-state index in [1.54, 1.807) is 0 Å². The Hall–Kier alpha value is -0.410. The Morgan fingerprint density at radius 1 is 1.21 bits per heavy atom. The summed E-state index contributed by atoms with van der Waals surface area (Å²) in [5.74, 6) is 0. The average Bonchev–Trinajstić information content (AvgIpc) is 2.67. The van der Waals surface area contributed by atoms with Crippen LogP contribution in [0.15, 0.2) is 12.3 Å². The topological polar surface area (TPSA) is 33.1 Å². The molecule has 1 aromatic heterocycles. The molecule has 0 amide bonds. The molecule has 2 aliphatic rings. The highest BCUT2D eigenvalue weighted by Gasteiger charge is 2.58. The Balaban J connectivity index is 2.02. The van der Waals surface area contributed by atoms with Crippen LogP contribution >= 0.6 is 11.5 Å². The van der Waals surface area contributed by atoms with Crippen LogP contribution in [0.4, 0.5) is 0 Å². The molecule has 0 aromatic carbocycles. The van der Waals surface area contributed by atoms with Crippen LogP contribution in [0, 0.1) is 5.41 Å². The third-order valence-electron chi connectivity index (χ3n) is 4.23. The maximum absolute atomic E-state index is 10.8. The van der Waals surface area contributed by atoms with E-state index in [2.05, 4.69) is 4.37 Å². The van der Waals surface area contributed by atoms with Crippen molar-refractivity contribution in [2.45, 2.75) is 44.1 Å². The van der Waals surface area contributed by atoms with Crippen molar-refractivity contribution in [3.63, 3.8) is 0 Å². The zero-order chi connectivity index (χ0) is 9.65. The van der Waals surface area contributed by atoms with Crippen molar-refractivity contribution >= 4 is 11.5 Å². The summed E-state index contributed by atoms with van der Waals surface area (Å²) in [6.45, 7) is 0. The SMILES string of the molecule is OC1(c2ccns2)CCCC12CCC2. The summed E-state index contributed by atoms with van der Waals surface area (Å²) < 4.78 is 4.12. The zero-order valence-corrected chi connectivity index (χ0v) is 9.02. The smallest absolute Gasteiger partial charge is 0.106 e. The predicted molar refractivity (Wildman–Crippen MR) is 56.1 cm³/mol. The van der Waals surface area contributed by atoms with Gasteiger partial charge in [-0.1, -0.05) is 6.42 Å². The number of aliphatic hydroxyl groups is 1. The first kappa shape index (κ1) is 8.86. The Morgan fingerprint density at radius 2 is 1.93 bits per heavy atom. The standard InChI is InChI=1S/C11H15NOS/c13-11(9-3-8-12-14-9)7-2-6-10(11)4-1-5-10/h3,8,13H,1-2,4-7H2. The van der Waals surface area contributed by atoms with Crippen LogP contribution in [0.25, 0.3) is 0 Å². The van der Waals surface area contributed by atoms with Gasteiger partial charge in [-0.05, 0) is 49.7 Å². The number of rotatable bonds is 1. The van der Waals surface area contributed by atoms with Crippen LogP contribution in [-0.2, 0) is 5.60 Å². The molecular formula is C11H15NOS. The van der Waals surface area contributed by atoms with Gasteiger partial charge >= 0.3 is 0 Å². The van der Waals surface area contributed by atoms with E-state index >= 15 is 0 Å². The molecule has 76 valence electrons. The summed E-state index contributed by atoms with van der Waals surface area (Å²) in [4.78, 5) is 1.09. The van der Waals surface area contributed by atoms with Crippen molar-refractivity contribution in [1.29, 1.82) is 0 Å². The fourth-order valence-corrected chi connectivity index (χ4v) is 4.06. The average molecular weight is 209 g/mol. The second kappa shape index (κ2) is 2.80. The minimum Gasteiger partial charge on any atom is -0.384 e. The van der Waals surface area contributed by atoms with Gasteiger partial charge in [-0.25, -0.2) is 4.37 Å². The van der Waals surface area contributed by atoms with E-state index in [0.29, 0.717) is 0 Å². The maximum atomic E-state index is 10.8. The van der Waals surface area contributed by atoms with Crippen LogP contribution in [0.3, 0.4) is 0 Å². The van der Waals surface area contributed by atoms with Gasteiger partial charge in [0, 0.05) is 11.6 Å². The Kier molecular flexibility index (Phi) is 1.77. The van der Waals surface area contributed by atoms with Gasteiger partial charge in [0.2, 0.25) is 0 Å². The summed E-state index contributed by atoms with van der Waals surface area (Å²) >= 11 is 1.47. The van der Waals surface area contributed by atoms with E-state index in [9.17, 15) is 5.11 Å². The zero-order valence-electron chi connectivity index (χ0n) is 8.20. The van der Waals surface area contributed by atoms with E-state index in [0.717, 1.165) is 11.3 Å². The minimum atomic E-state index is -0.535. The molecule has 0 radical (unpaired) electrons. The van der Waals surface area contributed by atoms with E-state index < -0.39 is 5.60 Å². The van der Waals surface area contributed by atoms with Crippen LogP contribution < -0.4 is 0 Å². The molecule has 2 nitrogen and oxygen atoms in total. The molecule has 3 heteroatoms. The van der Waals surface area contributed by atoms with Crippen molar-refractivity contribution in [1.82, 2.24) is 4.37 Å². The summed E-state index contributed by atoms with van der Waals surface area (Å²) in [7, 11) is 0. The molecule has 2 aliphatic carbocycles. The molecule has 14 heavy (non-hydrogen) atoms. The van der Waals surface area contributed by atoms with Crippen LogP contribution in [0.2, 0.25) is 0 Å². The predicted octanol–water partition coefficient (Wildman–Crippen LogP) is 2.68. The summed E-state index contributed by atoms with van der Waals surface area (Å²) in [6, 6.07) is 2.00. The summed E-state index contributed by atoms with van der Waals surface area (Å²) in [6.07, 6.45) is 8.84. The highest BCUT2D eigenvalue weighted by molar-refractivity contribution is 7.05. The van der Waals surface area contributed by atoms with Gasteiger partial charge in [0.1, 0.15) is 5.60 Å². The number of hydrogen-bond donors (Lipinski definition) is 1. The number of nitrogens with zero attached hydrogens (tertiary/aromatic N) is 1. The molecule has 1 N–H and O–H groups in total. The molecular weight excluding hydrogens is 194 g/mol. The van der Waals surface area contributed by atoms with E-state index in [1.165, 1.54) is 43.6 Å². The fourth-order valence-electron chi connectivity index (χ4n) is 3.24. The molecule has 1 unspecified atom stereocenters. The molecule has 3 rings (SSSR count). The highest BCUT2D eigenvalue weighted by Crippen LogP contribution is 2.63. The Morgan fingerprint density at radius 3 is 2.50 bits per heavy atom. The fraction of sp³-hybridized carbons (Fsp3) is 0.727. The van der Waals surface area contributed by atoms with Crippen molar-refractivity contribution in [2.24, 2.45) is 5.41 Å².